The van der Waals surface area contributed by atoms with Gasteiger partial charge in [-0.3, -0.25) is 0 Å². The number of aromatic nitrogens is 2. The summed E-state index contributed by atoms with van der Waals surface area (Å²) in [5, 5.41) is 6.57. The third kappa shape index (κ3) is 9.97. The second kappa shape index (κ2) is 12.9. The molecule has 0 aliphatic rings. The van der Waals surface area contributed by atoms with Crippen molar-refractivity contribution in [2.45, 2.75) is 32.3 Å². The van der Waals surface area contributed by atoms with E-state index in [0.717, 1.165) is 37.2 Å². The Kier molecular flexibility index (Phi) is 9.59. The first kappa shape index (κ1) is 24.6. The molecule has 33 heavy (non-hydrogen) atoms. The van der Waals surface area contributed by atoms with E-state index in [9.17, 15) is 13.2 Å². The first-order valence-corrected chi connectivity index (χ1v) is 10.9. The van der Waals surface area contributed by atoms with Crippen molar-refractivity contribution >= 4 is 5.69 Å². The Morgan fingerprint density at radius 3 is 2.52 bits per heavy atom. The Hall–Kier alpha value is -3.04. The number of imidazole rings is 1. The average Bonchev–Trinajstić information content (AvgIpc) is 3.27. The fraction of sp³-hybridized carbons (Fsp3) is 0.375. The number of rotatable bonds is 14. The van der Waals surface area contributed by atoms with E-state index in [1.54, 1.807) is 23.3 Å². The highest BCUT2D eigenvalue weighted by atomic mass is 19.4. The van der Waals surface area contributed by atoms with Gasteiger partial charge >= 0.3 is 6.36 Å². The highest BCUT2D eigenvalue weighted by Crippen LogP contribution is 2.25. The minimum Gasteiger partial charge on any atom is -0.406 e. The van der Waals surface area contributed by atoms with Crippen LogP contribution in [0.25, 0.3) is 0 Å². The summed E-state index contributed by atoms with van der Waals surface area (Å²) in [6, 6.07) is 14.7. The van der Waals surface area contributed by atoms with E-state index in [0.29, 0.717) is 31.9 Å². The zero-order valence-electron chi connectivity index (χ0n) is 18.4. The Morgan fingerprint density at radius 1 is 0.939 bits per heavy atom. The maximum absolute atomic E-state index is 12.7. The van der Waals surface area contributed by atoms with E-state index in [4.69, 9.17) is 4.74 Å². The Bertz CT molecular complexity index is 935. The number of unbranched alkanes of at least 4 members (excludes halogenated alkanes) is 1. The van der Waals surface area contributed by atoms with Crippen LogP contribution in [0.1, 0.15) is 24.0 Å². The molecule has 0 bridgehead atoms. The van der Waals surface area contributed by atoms with Gasteiger partial charge in [-0.25, -0.2) is 4.98 Å². The predicted molar refractivity (Wildman–Crippen MR) is 121 cm³/mol. The summed E-state index contributed by atoms with van der Waals surface area (Å²) >= 11 is 0. The molecule has 1 heterocycles. The topological polar surface area (TPSA) is 60.3 Å². The fourth-order valence-corrected chi connectivity index (χ4v) is 3.32. The minimum absolute atomic E-state index is 0.213. The Labute approximate surface area is 191 Å². The van der Waals surface area contributed by atoms with Gasteiger partial charge in [0.05, 0.1) is 12.9 Å². The molecule has 1 aromatic heterocycles. The van der Waals surface area contributed by atoms with Crippen LogP contribution in [0.2, 0.25) is 0 Å². The van der Waals surface area contributed by atoms with Crippen LogP contribution in [0.4, 0.5) is 18.9 Å². The lowest BCUT2D eigenvalue weighted by Crippen LogP contribution is -2.19. The SMILES string of the molecule is FC(F)(F)Oc1cc(CNCCCCOCCNc2ccccc2)cc(Cn2ccnc2)c1. The summed E-state index contributed by atoms with van der Waals surface area (Å²) in [7, 11) is 0. The van der Waals surface area contributed by atoms with Crippen molar-refractivity contribution in [3.8, 4) is 5.75 Å². The first-order chi connectivity index (χ1) is 16.0. The second-order valence-electron chi connectivity index (χ2n) is 7.56. The molecule has 0 saturated carbocycles. The quantitative estimate of drug-likeness (QED) is 0.336. The molecule has 0 aliphatic heterocycles. The zero-order valence-corrected chi connectivity index (χ0v) is 18.4. The van der Waals surface area contributed by atoms with Crippen LogP contribution in [-0.4, -0.2) is 42.2 Å². The lowest BCUT2D eigenvalue weighted by atomic mass is 10.1. The van der Waals surface area contributed by atoms with E-state index >= 15 is 0 Å². The lowest BCUT2D eigenvalue weighted by molar-refractivity contribution is -0.274. The molecule has 3 aromatic rings. The Balaban J connectivity index is 1.35. The molecule has 0 aliphatic carbocycles. The average molecular weight is 463 g/mol. The molecular formula is C24H29F3N4O2. The van der Waals surface area contributed by atoms with E-state index in [-0.39, 0.29) is 5.75 Å². The molecule has 2 aromatic carbocycles. The van der Waals surface area contributed by atoms with Gasteiger partial charge in [0.2, 0.25) is 0 Å². The summed E-state index contributed by atoms with van der Waals surface area (Å²) in [6.07, 6.45) is 2.09. The van der Waals surface area contributed by atoms with Gasteiger partial charge in [-0.2, -0.15) is 0 Å². The maximum atomic E-state index is 12.7. The van der Waals surface area contributed by atoms with Crippen molar-refractivity contribution in [3.63, 3.8) is 0 Å². The second-order valence-corrected chi connectivity index (χ2v) is 7.56. The molecule has 0 radical (unpaired) electrons. The molecule has 0 atom stereocenters. The molecule has 3 rings (SSSR count). The summed E-state index contributed by atoms with van der Waals surface area (Å²) in [6.45, 7) is 3.66. The number of para-hydroxylation sites is 1. The highest BCUT2D eigenvalue weighted by molar-refractivity contribution is 5.42. The van der Waals surface area contributed by atoms with Crippen molar-refractivity contribution in [1.29, 1.82) is 0 Å². The third-order valence-electron chi connectivity index (χ3n) is 4.75. The van der Waals surface area contributed by atoms with Crippen LogP contribution in [0.5, 0.6) is 5.75 Å². The number of anilines is 1. The van der Waals surface area contributed by atoms with Crippen molar-refractivity contribution in [1.82, 2.24) is 14.9 Å². The molecule has 6 nitrogen and oxygen atoms in total. The van der Waals surface area contributed by atoms with Gasteiger partial charge in [0.1, 0.15) is 5.75 Å². The summed E-state index contributed by atoms with van der Waals surface area (Å²) in [5.41, 5.74) is 2.52. The van der Waals surface area contributed by atoms with Crippen LogP contribution in [0.15, 0.2) is 67.3 Å². The number of nitrogens with zero attached hydrogens (tertiary/aromatic N) is 2. The lowest BCUT2D eigenvalue weighted by Gasteiger charge is -2.14. The van der Waals surface area contributed by atoms with E-state index in [1.807, 2.05) is 36.4 Å². The van der Waals surface area contributed by atoms with Crippen LogP contribution in [0.3, 0.4) is 0 Å². The number of benzene rings is 2. The standard InChI is InChI=1S/C24H29F3N4O2/c25-24(26,27)33-23-15-20(14-21(16-23)18-31-11-9-29-19-31)17-28-8-4-5-12-32-13-10-30-22-6-2-1-3-7-22/h1-3,6-7,9,11,14-16,19,28,30H,4-5,8,10,12-13,17-18H2. The maximum Gasteiger partial charge on any atom is 0.573 e. The molecule has 9 heteroatoms. The number of hydrogen-bond acceptors (Lipinski definition) is 5. The van der Waals surface area contributed by atoms with Crippen LogP contribution in [0, 0.1) is 0 Å². The van der Waals surface area contributed by atoms with Gasteiger partial charge in [0.25, 0.3) is 0 Å². The predicted octanol–water partition coefficient (Wildman–Crippen LogP) is 4.83. The smallest absolute Gasteiger partial charge is 0.406 e. The van der Waals surface area contributed by atoms with E-state index < -0.39 is 6.36 Å². The summed E-state index contributed by atoms with van der Waals surface area (Å²) < 4.78 is 49.7. The Morgan fingerprint density at radius 2 is 1.76 bits per heavy atom. The van der Waals surface area contributed by atoms with Gasteiger partial charge in [0, 0.05) is 44.3 Å². The molecule has 2 N–H and O–H groups in total. The molecule has 0 fully saturated rings. The molecule has 0 amide bonds. The molecular weight excluding hydrogens is 433 g/mol. The van der Waals surface area contributed by atoms with Gasteiger partial charge in [-0.15, -0.1) is 13.2 Å². The zero-order chi connectivity index (χ0) is 23.4. The van der Waals surface area contributed by atoms with Crippen molar-refractivity contribution in [2.24, 2.45) is 0 Å². The molecule has 0 saturated heterocycles. The van der Waals surface area contributed by atoms with Crippen molar-refractivity contribution < 1.29 is 22.6 Å². The first-order valence-electron chi connectivity index (χ1n) is 10.9. The van der Waals surface area contributed by atoms with Gasteiger partial charge in [-0.1, -0.05) is 24.3 Å². The van der Waals surface area contributed by atoms with Crippen LogP contribution >= 0.6 is 0 Å². The number of hydrogen-bond donors (Lipinski definition) is 2. The number of ether oxygens (including phenoxy) is 2. The highest BCUT2D eigenvalue weighted by Gasteiger charge is 2.31. The van der Waals surface area contributed by atoms with E-state index in [2.05, 4.69) is 20.4 Å². The largest absolute Gasteiger partial charge is 0.573 e. The molecule has 178 valence electrons. The number of halogens is 3. The van der Waals surface area contributed by atoms with E-state index in [1.165, 1.54) is 12.1 Å². The van der Waals surface area contributed by atoms with Gasteiger partial charge in [-0.05, 0) is 54.8 Å². The van der Waals surface area contributed by atoms with Gasteiger partial charge in [0.15, 0.2) is 0 Å². The summed E-state index contributed by atoms with van der Waals surface area (Å²) in [5.74, 6) is -0.213. The third-order valence-corrected chi connectivity index (χ3v) is 4.75. The summed E-state index contributed by atoms with van der Waals surface area (Å²) in [4.78, 5) is 3.96. The van der Waals surface area contributed by atoms with Crippen molar-refractivity contribution in [2.75, 3.05) is 31.6 Å². The molecule has 0 spiro atoms. The van der Waals surface area contributed by atoms with Crippen molar-refractivity contribution in [3.05, 3.63) is 78.4 Å². The fourth-order valence-electron chi connectivity index (χ4n) is 3.32. The molecule has 0 unspecified atom stereocenters. The normalized spacial score (nSPS) is 11.5. The minimum atomic E-state index is -4.73. The monoisotopic (exact) mass is 462 g/mol. The van der Waals surface area contributed by atoms with Gasteiger partial charge < -0.3 is 24.7 Å². The van der Waals surface area contributed by atoms with Crippen LogP contribution in [-0.2, 0) is 17.8 Å². The van der Waals surface area contributed by atoms with Crippen LogP contribution < -0.4 is 15.4 Å². The number of nitrogens with one attached hydrogen (secondary N) is 2. The number of alkyl halides is 3.